The van der Waals surface area contributed by atoms with Crippen molar-refractivity contribution in [3.63, 3.8) is 0 Å². The van der Waals surface area contributed by atoms with Crippen LogP contribution in [0.15, 0.2) is 30.4 Å². The molecule has 4 nitrogen and oxygen atoms in total. The van der Waals surface area contributed by atoms with Crippen LogP contribution < -0.4 is 0 Å². The maximum atomic E-state index is 10.6. The summed E-state index contributed by atoms with van der Waals surface area (Å²) >= 11 is 0. The number of carbonyl (C=O) groups is 1. The summed E-state index contributed by atoms with van der Waals surface area (Å²) < 4.78 is 0. The van der Waals surface area contributed by atoms with E-state index in [1.165, 1.54) is 12.1 Å². The van der Waals surface area contributed by atoms with Crippen LogP contribution in [0.4, 0.5) is 0 Å². The largest absolute Gasteiger partial charge is 0.504 e. The van der Waals surface area contributed by atoms with Crippen molar-refractivity contribution < 1.29 is 20.1 Å². The Bertz CT molecular complexity index is 557. The Morgan fingerprint density at radius 1 is 1.39 bits per heavy atom. The van der Waals surface area contributed by atoms with Crippen molar-refractivity contribution in [2.75, 3.05) is 0 Å². The summed E-state index contributed by atoms with van der Waals surface area (Å²) in [4.78, 5) is 10.6. The summed E-state index contributed by atoms with van der Waals surface area (Å²) in [5.41, 5.74) is 0.795. The summed E-state index contributed by atoms with van der Waals surface area (Å²) in [7, 11) is 0. The Morgan fingerprint density at radius 3 is 2.56 bits per heavy atom. The molecule has 1 aliphatic rings. The third-order valence-electron chi connectivity index (χ3n) is 3.19. The smallest absolute Gasteiger partial charge is 0.328 e. The van der Waals surface area contributed by atoms with Crippen LogP contribution in [0.5, 0.6) is 11.5 Å². The third kappa shape index (κ3) is 1.97. The van der Waals surface area contributed by atoms with Gasteiger partial charge in [-0.25, -0.2) is 4.79 Å². The van der Waals surface area contributed by atoms with Gasteiger partial charge in [0.25, 0.3) is 0 Å². The monoisotopic (exact) mass is 246 g/mol. The summed E-state index contributed by atoms with van der Waals surface area (Å²) in [6.45, 7) is 1.93. The van der Waals surface area contributed by atoms with Crippen molar-refractivity contribution in [2.45, 2.75) is 18.8 Å². The van der Waals surface area contributed by atoms with E-state index in [0.29, 0.717) is 11.1 Å². The standard InChI is InChI=1S/C14H14O4/c1-14(7-2-8-14)12-9(4-6-11(16)17)3-5-10(15)13(12)18/h2-7,15,18H,8H2,1H3,(H,16,17). The van der Waals surface area contributed by atoms with Gasteiger partial charge in [0.05, 0.1) is 0 Å². The topological polar surface area (TPSA) is 77.8 Å². The third-order valence-corrected chi connectivity index (χ3v) is 3.19. The van der Waals surface area contributed by atoms with Gasteiger partial charge in [0, 0.05) is 17.1 Å². The van der Waals surface area contributed by atoms with Gasteiger partial charge in [0.1, 0.15) is 0 Å². The number of carboxylic acids is 1. The van der Waals surface area contributed by atoms with Crippen molar-refractivity contribution in [3.8, 4) is 11.5 Å². The quantitative estimate of drug-likeness (QED) is 0.435. The number of benzene rings is 1. The second-order valence-electron chi connectivity index (χ2n) is 4.59. The molecular formula is C14H14O4. The number of phenolic OH excluding ortho intramolecular Hbond substituents is 2. The minimum Gasteiger partial charge on any atom is -0.504 e. The predicted molar refractivity (Wildman–Crippen MR) is 67.6 cm³/mol. The van der Waals surface area contributed by atoms with Gasteiger partial charge in [-0.1, -0.05) is 25.1 Å². The molecule has 0 aromatic heterocycles. The summed E-state index contributed by atoms with van der Waals surface area (Å²) in [5.74, 6) is -1.43. The van der Waals surface area contributed by atoms with Crippen LogP contribution in [0.2, 0.25) is 0 Å². The van der Waals surface area contributed by atoms with Crippen LogP contribution in [0.3, 0.4) is 0 Å². The number of aromatic hydroxyl groups is 2. The van der Waals surface area contributed by atoms with Crippen molar-refractivity contribution >= 4 is 12.0 Å². The lowest BCUT2D eigenvalue weighted by Gasteiger charge is -2.34. The molecular weight excluding hydrogens is 232 g/mol. The highest BCUT2D eigenvalue weighted by Crippen LogP contribution is 2.46. The Kier molecular flexibility index (Phi) is 2.87. The van der Waals surface area contributed by atoms with E-state index in [9.17, 15) is 15.0 Å². The van der Waals surface area contributed by atoms with Crippen molar-refractivity contribution in [2.24, 2.45) is 0 Å². The number of rotatable bonds is 3. The minimum absolute atomic E-state index is 0.186. The highest BCUT2D eigenvalue weighted by molar-refractivity contribution is 5.86. The molecule has 2 rings (SSSR count). The van der Waals surface area contributed by atoms with Crippen molar-refractivity contribution in [3.05, 3.63) is 41.5 Å². The number of hydrogen-bond acceptors (Lipinski definition) is 3. The molecule has 1 aromatic rings. The van der Waals surface area contributed by atoms with E-state index in [1.54, 1.807) is 6.07 Å². The first-order valence-electron chi connectivity index (χ1n) is 5.58. The molecule has 0 saturated carbocycles. The van der Waals surface area contributed by atoms with Crippen molar-refractivity contribution in [1.82, 2.24) is 0 Å². The second kappa shape index (κ2) is 4.22. The first kappa shape index (κ1) is 12.2. The fourth-order valence-corrected chi connectivity index (χ4v) is 2.15. The molecule has 0 amide bonds. The molecule has 0 aliphatic heterocycles. The first-order chi connectivity index (χ1) is 8.44. The molecule has 3 N–H and O–H groups in total. The predicted octanol–water partition coefficient (Wildman–Crippen LogP) is 2.41. The molecule has 0 fully saturated rings. The fourth-order valence-electron chi connectivity index (χ4n) is 2.15. The van der Waals surface area contributed by atoms with Crippen LogP contribution in [0.1, 0.15) is 24.5 Å². The van der Waals surface area contributed by atoms with Gasteiger partial charge in [-0.15, -0.1) is 0 Å². The SMILES string of the molecule is CC1(c2c(C=CC(=O)O)ccc(O)c2O)C=CC1. The van der Waals surface area contributed by atoms with Gasteiger partial charge in [0.15, 0.2) is 11.5 Å². The molecule has 1 unspecified atom stereocenters. The van der Waals surface area contributed by atoms with Gasteiger partial charge >= 0.3 is 5.97 Å². The minimum atomic E-state index is -1.05. The van der Waals surface area contributed by atoms with E-state index in [4.69, 9.17) is 5.11 Å². The number of hydrogen-bond donors (Lipinski definition) is 3. The maximum Gasteiger partial charge on any atom is 0.328 e. The van der Waals surface area contributed by atoms with Crippen LogP contribution in [-0.2, 0) is 10.2 Å². The van der Waals surface area contributed by atoms with Crippen LogP contribution in [0.25, 0.3) is 6.08 Å². The molecule has 0 spiro atoms. The van der Waals surface area contributed by atoms with E-state index >= 15 is 0 Å². The Hall–Kier alpha value is -2.23. The van der Waals surface area contributed by atoms with Gasteiger partial charge in [-0.2, -0.15) is 0 Å². The van der Waals surface area contributed by atoms with E-state index in [-0.39, 0.29) is 16.9 Å². The normalized spacial score (nSPS) is 22.1. The molecule has 0 bridgehead atoms. The Labute approximate surface area is 105 Å². The van der Waals surface area contributed by atoms with E-state index in [1.807, 2.05) is 19.1 Å². The number of carboxylic acid groups (broad SMARTS) is 1. The number of aliphatic carboxylic acids is 1. The van der Waals surface area contributed by atoms with Gasteiger partial charge in [0.2, 0.25) is 0 Å². The number of phenols is 2. The van der Waals surface area contributed by atoms with E-state index in [2.05, 4.69) is 0 Å². The maximum absolute atomic E-state index is 10.6. The zero-order valence-corrected chi connectivity index (χ0v) is 9.92. The molecule has 0 heterocycles. The average molecular weight is 246 g/mol. The van der Waals surface area contributed by atoms with Crippen molar-refractivity contribution in [1.29, 1.82) is 0 Å². The molecule has 0 saturated heterocycles. The van der Waals surface area contributed by atoms with Gasteiger partial charge < -0.3 is 15.3 Å². The zero-order valence-electron chi connectivity index (χ0n) is 9.92. The lowest BCUT2D eigenvalue weighted by molar-refractivity contribution is -0.131. The van der Waals surface area contributed by atoms with Crippen LogP contribution >= 0.6 is 0 Å². The molecule has 1 aliphatic carbocycles. The zero-order chi connectivity index (χ0) is 13.3. The molecule has 0 radical (unpaired) electrons. The van der Waals surface area contributed by atoms with Crippen LogP contribution in [0, 0.1) is 0 Å². The van der Waals surface area contributed by atoms with Gasteiger partial charge in [-0.05, 0) is 24.1 Å². The molecule has 1 atom stereocenters. The second-order valence-corrected chi connectivity index (χ2v) is 4.59. The summed E-state index contributed by atoms with van der Waals surface area (Å²) in [6, 6.07) is 2.95. The Morgan fingerprint density at radius 2 is 2.06 bits per heavy atom. The average Bonchev–Trinajstić information content (AvgIpc) is 2.27. The summed E-state index contributed by atoms with van der Waals surface area (Å²) in [6.07, 6.45) is 7.08. The van der Waals surface area contributed by atoms with E-state index in [0.717, 1.165) is 12.5 Å². The molecule has 4 heteroatoms. The summed E-state index contributed by atoms with van der Waals surface area (Å²) in [5, 5.41) is 28.2. The molecule has 94 valence electrons. The fraction of sp³-hybridized carbons (Fsp3) is 0.214. The molecule has 18 heavy (non-hydrogen) atoms. The first-order valence-corrected chi connectivity index (χ1v) is 5.58. The highest BCUT2D eigenvalue weighted by Gasteiger charge is 2.33. The van der Waals surface area contributed by atoms with Gasteiger partial charge in [-0.3, -0.25) is 0 Å². The van der Waals surface area contributed by atoms with Crippen LogP contribution in [-0.4, -0.2) is 21.3 Å². The number of allylic oxidation sites excluding steroid dienone is 2. The lowest BCUT2D eigenvalue weighted by atomic mass is 9.70. The Balaban J connectivity index is 2.56. The van der Waals surface area contributed by atoms with E-state index < -0.39 is 5.97 Å². The lowest BCUT2D eigenvalue weighted by Crippen LogP contribution is -2.25. The molecule has 1 aromatic carbocycles. The highest BCUT2D eigenvalue weighted by atomic mass is 16.4.